The number of nitrogens with one attached hydrogen (secondary N) is 1. The summed E-state index contributed by atoms with van der Waals surface area (Å²) in [5, 5.41) is 12.1. The molecule has 0 saturated carbocycles. The minimum absolute atomic E-state index is 0. The maximum absolute atomic E-state index is 12.0. The SMILES string of the molecule is COC[C@H](C)N(C(=O)CCl)c1c(C)csc1C.O=C(O)CNCP(=O)(O)O.[KH]. The average molecular weight is 485 g/mol. The van der Waals surface area contributed by atoms with Crippen LogP contribution in [0.15, 0.2) is 5.38 Å². The molecule has 0 aliphatic carbocycles. The van der Waals surface area contributed by atoms with Crippen LogP contribution in [-0.2, 0) is 18.9 Å². The molecule has 1 heterocycles. The predicted octanol–water partition coefficient (Wildman–Crippen LogP) is 1.12. The number of rotatable bonds is 9. The van der Waals surface area contributed by atoms with Crippen LogP contribution in [0.4, 0.5) is 5.69 Å². The van der Waals surface area contributed by atoms with Crippen LogP contribution in [0.1, 0.15) is 17.4 Å². The molecule has 0 aliphatic heterocycles. The number of carboxylic acids is 1. The number of carbonyl (C=O) groups excluding carboxylic acids is 1. The van der Waals surface area contributed by atoms with Gasteiger partial charge >= 0.3 is 64.9 Å². The number of carbonyl (C=O) groups is 2. The van der Waals surface area contributed by atoms with E-state index in [1.165, 1.54) is 0 Å². The van der Waals surface area contributed by atoms with Crippen LogP contribution in [0.25, 0.3) is 0 Å². The van der Waals surface area contributed by atoms with Crippen molar-refractivity contribution in [1.82, 2.24) is 5.32 Å². The number of anilines is 1. The Morgan fingerprint density at radius 1 is 1.39 bits per heavy atom. The van der Waals surface area contributed by atoms with Gasteiger partial charge in [0.05, 0.1) is 31.2 Å². The zero-order valence-electron chi connectivity index (χ0n) is 15.6. The number of halogens is 1. The monoisotopic (exact) mass is 484 g/mol. The van der Waals surface area contributed by atoms with Crippen LogP contribution in [0.5, 0.6) is 0 Å². The number of aliphatic carboxylic acids is 1. The third-order valence-corrected chi connectivity index (χ3v) is 5.07. The molecule has 1 atom stereocenters. The first-order valence-electron chi connectivity index (χ1n) is 7.83. The number of nitrogens with zero attached hydrogens (tertiary/aromatic N) is 1. The van der Waals surface area contributed by atoms with Crippen LogP contribution in [0.2, 0.25) is 0 Å². The molecule has 0 aliphatic rings. The molecule has 0 aromatic carbocycles. The van der Waals surface area contributed by atoms with Gasteiger partial charge in [0.1, 0.15) is 5.88 Å². The minimum atomic E-state index is -4.10. The summed E-state index contributed by atoms with van der Waals surface area (Å²) in [6.45, 7) is 6.04. The van der Waals surface area contributed by atoms with Crippen molar-refractivity contribution in [2.24, 2.45) is 0 Å². The molecule has 28 heavy (non-hydrogen) atoms. The number of hydrogen-bond acceptors (Lipinski definition) is 6. The second-order valence-corrected chi connectivity index (χ2v) is 8.67. The van der Waals surface area contributed by atoms with Gasteiger partial charge < -0.3 is 24.5 Å². The van der Waals surface area contributed by atoms with Crippen molar-refractivity contribution in [2.75, 3.05) is 37.3 Å². The second-order valence-electron chi connectivity index (χ2n) is 5.67. The molecule has 4 N–H and O–H groups in total. The molecule has 158 valence electrons. The zero-order valence-corrected chi connectivity index (χ0v) is 18.1. The summed E-state index contributed by atoms with van der Waals surface area (Å²) in [7, 11) is -2.46. The molecule has 0 radical (unpaired) electrons. The Bertz CT molecular complexity index is 651. The molecule has 0 spiro atoms. The number of ether oxygens (including phenoxy) is 1. The number of alkyl halides is 1. The average Bonchev–Trinajstić information content (AvgIpc) is 2.86. The predicted molar refractivity (Wildman–Crippen MR) is 113 cm³/mol. The second kappa shape index (κ2) is 15.4. The van der Waals surface area contributed by atoms with Crippen LogP contribution >= 0.6 is 30.5 Å². The quantitative estimate of drug-likeness (QED) is 0.232. The van der Waals surface area contributed by atoms with E-state index in [0.29, 0.717) is 6.61 Å². The third kappa shape index (κ3) is 12.4. The summed E-state index contributed by atoms with van der Waals surface area (Å²) in [6, 6.07) is -0.0155. The first-order chi connectivity index (χ1) is 12.4. The van der Waals surface area contributed by atoms with Crippen molar-refractivity contribution in [3.63, 3.8) is 0 Å². The van der Waals surface area contributed by atoms with E-state index in [2.05, 4.69) is 10.7 Å². The number of methoxy groups -OCH3 is 1. The number of aryl methyl sites for hydroxylation is 2. The Balaban J connectivity index is 0. The van der Waals surface area contributed by atoms with Crippen LogP contribution in [0, 0.1) is 13.8 Å². The van der Waals surface area contributed by atoms with E-state index >= 15 is 0 Å². The van der Waals surface area contributed by atoms with Crippen molar-refractivity contribution in [2.45, 2.75) is 26.8 Å². The van der Waals surface area contributed by atoms with Crippen molar-refractivity contribution in [1.29, 1.82) is 0 Å². The molecule has 13 heteroatoms. The van der Waals surface area contributed by atoms with Gasteiger partial charge in [0, 0.05) is 12.0 Å². The zero-order chi connectivity index (χ0) is 21.2. The normalized spacial score (nSPS) is 11.7. The van der Waals surface area contributed by atoms with Gasteiger partial charge in [0.25, 0.3) is 0 Å². The molecule has 1 aromatic heterocycles. The van der Waals surface area contributed by atoms with E-state index in [1.807, 2.05) is 20.8 Å². The number of amides is 1. The fraction of sp³-hybridized carbons (Fsp3) is 0.600. The summed E-state index contributed by atoms with van der Waals surface area (Å²) in [6.07, 6.45) is -0.598. The van der Waals surface area contributed by atoms with Crippen molar-refractivity contribution in [3.8, 4) is 0 Å². The van der Waals surface area contributed by atoms with Crippen molar-refractivity contribution < 1.29 is 33.8 Å². The van der Waals surface area contributed by atoms with E-state index in [1.54, 1.807) is 23.3 Å². The molecule has 1 rings (SSSR count). The Morgan fingerprint density at radius 3 is 2.32 bits per heavy atom. The first-order valence-corrected chi connectivity index (χ1v) is 11.0. The molecular weight excluding hydrogens is 458 g/mol. The van der Waals surface area contributed by atoms with Gasteiger partial charge in [-0.1, -0.05) is 0 Å². The van der Waals surface area contributed by atoms with Gasteiger partial charge in [-0.3, -0.25) is 19.5 Å². The molecule has 0 saturated heterocycles. The van der Waals surface area contributed by atoms with E-state index < -0.39 is 26.4 Å². The van der Waals surface area contributed by atoms with Gasteiger partial charge in [0.2, 0.25) is 5.91 Å². The topological polar surface area (TPSA) is 136 Å². The van der Waals surface area contributed by atoms with Gasteiger partial charge in [-0.25, -0.2) is 0 Å². The summed E-state index contributed by atoms with van der Waals surface area (Å²) < 4.78 is 15.2. The maximum atomic E-state index is 12.0. The van der Waals surface area contributed by atoms with E-state index in [9.17, 15) is 14.2 Å². The fourth-order valence-corrected chi connectivity index (χ4v) is 3.57. The Morgan fingerprint density at radius 2 is 1.96 bits per heavy atom. The van der Waals surface area contributed by atoms with Crippen molar-refractivity contribution >= 4 is 99.5 Å². The van der Waals surface area contributed by atoms with Gasteiger partial charge in [-0.15, -0.1) is 22.9 Å². The fourth-order valence-electron chi connectivity index (χ4n) is 2.21. The molecule has 1 amide bonds. The van der Waals surface area contributed by atoms with Crippen LogP contribution in [0.3, 0.4) is 0 Å². The van der Waals surface area contributed by atoms with E-state index in [-0.39, 0.29) is 69.2 Å². The molecule has 0 bridgehead atoms. The van der Waals surface area contributed by atoms with Crippen molar-refractivity contribution in [3.05, 3.63) is 15.8 Å². The number of carboxylic acid groups (broad SMARTS) is 1. The van der Waals surface area contributed by atoms with E-state index in [0.717, 1.165) is 16.1 Å². The van der Waals surface area contributed by atoms with Crippen LogP contribution < -0.4 is 10.2 Å². The molecule has 0 fully saturated rings. The van der Waals surface area contributed by atoms with Gasteiger partial charge in [0.15, 0.2) is 0 Å². The summed E-state index contributed by atoms with van der Waals surface area (Å²) in [5.74, 6) is -1.24. The van der Waals surface area contributed by atoms with E-state index in [4.69, 9.17) is 31.2 Å². The Hall–Kier alpha value is 0.636. The summed E-state index contributed by atoms with van der Waals surface area (Å²) in [4.78, 5) is 41.0. The standard InChI is InChI=1S/C12H18ClNO2S.C3H8NO5P.K.H/c1-8-7-17-10(3)12(8)14(11(15)5-13)9(2)6-16-4;5-3(6)1-4-2-10(7,8)9;;/h7,9H,5-6H2,1-4H3;4H,1-2H2,(H,5,6)(H2,7,8,9);;/t9-;;;/m0.../s1. The third-order valence-electron chi connectivity index (χ3n) is 3.19. The summed E-state index contributed by atoms with van der Waals surface area (Å²) in [5.41, 5.74) is 2.08. The molecule has 0 unspecified atom stereocenters. The van der Waals surface area contributed by atoms with Gasteiger partial charge in [-0.2, -0.15) is 0 Å². The van der Waals surface area contributed by atoms with Crippen LogP contribution in [-0.4, -0.2) is 117 Å². The summed E-state index contributed by atoms with van der Waals surface area (Å²) >= 11 is 7.33. The first kappa shape index (κ1) is 30.8. The number of hydrogen-bond donors (Lipinski definition) is 4. The molecule has 9 nitrogen and oxygen atoms in total. The molecule has 1 aromatic rings. The Kier molecular flexibility index (Phi) is 17.0. The molecular formula is C15H27ClKN2O7PS. The Labute approximate surface area is 216 Å². The number of thiophene rings is 1. The van der Waals surface area contributed by atoms with Gasteiger partial charge in [-0.05, 0) is 31.7 Å².